The van der Waals surface area contributed by atoms with Gasteiger partial charge in [0.05, 0.1) is 19.4 Å². The Bertz CT molecular complexity index is 493. The number of benzene rings is 1. The molecule has 0 aliphatic heterocycles. The predicted molar refractivity (Wildman–Crippen MR) is 76.0 cm³/mol. The van der Waals surface area contributed by atoms with Crippen LogP contribution in [0.15, 0.2) is 18.2 Å². The Labute approximate surface area is 122 Å². The van der Waals surface area contributed by atoms with Crippen molar-refractivity contribution in [1.82, 2.24) is 4.90 Å². The van der Waals surface area contributed by atoms with Gasteiger partial charge in [-0.25, -0.2) is 0 Å². The molecule has 2 amide bonds. The van der Waals surface area contributed by atoms with Crippen LogP contribution in [0.25, 0.3) is 0 Å². The highest BCUT2D eigenvalue weighted by Gasteiger charge is 2.21. The Morgan fingerprint density at radius 1 is 1.45 bits per heavy atom. The van der Waals surface area contributed by atoms with Gasteiger partial charge < -0.3 is 20.1 Å². The van der Waals surface area contributed by atoms with Gasteiger partial charge in [-0.1, -0.05) is 11.6 Å². The Morgan fingerprint density at radius 2 is 2.15 bits per heavy atom. The van der Waals surface area contributed by atoms with Crippen molar-refractivity contribution >= 4 is 29.1 Å². The summed E-state index contributed by atoms with van der Waals surface area (Å²) in [6.45, 7) is 1.96. The largest absolute Gasteiger partial charge is 0.495 e. The summed E-state index contributed by atoms with van der Waals surface area (Å²) in [5.74, 6) is -1.12. The van der Waals surface area contributed by atoms with E-state index in [4.69, 9.17) is 21.4 Å². The second-order valence-corrected chi connectivity index (χ2v) is 4.34. The number of likely N-dealkylation sites (N-methyl/N-ethyl adjacent to an activating group) is 1. The minimum absolute atomic E-state index is 0.107. The van der Waals surface area contributed by atoms with Gasteiger partial charge in [-0.3, -0.25) is 9.59 Å². The van der Waals surface area contributed by atoms with Gasteiger partial charge in [0.2, 0.25) is 0 Å². The summed E-state index contributed by atoms with van der Waals surface area (Å²) >= 11 is 5.84. The molecule has 0 radical (unpaired) electrons. The number of nitrogens with zero attached hydrogens (tertiary/aromatic N) is 1. The summed E-state index contributed by atoms with van der Waals surface area (Å²) in [4.78, 5) is 25.0. The molecule has 2 N–H and O–H groups in total. The van der Waals surface area contributed by atoms with Crippen LogP contribution in [0.1, 0.15) is 6.92 Å². The first-order valence-corrected chi connectivity index (χ1v) is 6.45. The van der Waals surface area contributed by atoms with Crippen molar-refractivity contribution in [1.29, 1.82) is 0 Å². The summed E-state index contributed by atoms with van der Waals surface area (Å²) in [6, 6.07) is 4.70. The Hall–Kier alpha value is -1.79. The first-order chi connectivity index (χ1) is 9.53. The number of aliphatic hydroxyl groups is 1. The van der Waals surface area contributed by atoms with E-state index in [1.54, 1.807) is 19.1 Å². The van der Waals surface area contributed by atoms with E-state index in [-0.39, 0.29) is 13.2 Å². The summed E-state index contributed by atoms with van der Waals surface area (Å²) in [7, 11) is 1.45. The molecule has 0 aromatic heterocycles. The number of halogens is 1. The number of aliphatic hydroxyl groups excluding tert-OH is 1. The normalized spacial score (nSPS) is 10.0. The second-order valence-electron chi connectivity index (χ2n) is 3.91. The van der Waals surface area contributed by atoms with Gasteiger partial charge in [0, 0.05) is 18.1 Å². The lowest BCUT2D eigenvalue weighted by atomic mass is 10.3. The number of hydrogen-bond donors (Lipinski definition) is 2. The van der Waals surface area contributed by atoms with Crippen molar-refractivity contribution in [3.8, 4) is 5.75 Å². The standard InChI is InChI=1S/C13H17ClN2O4/c1-3-16(6-7-17)13(19)12(18)15-10-8-9(14)4-5-11(10)20-2/h4-5,8,17H,3,6-7H2,1-2H3,(H,15,18). The van der Waals surface area contributed by atoms with Crippen LogP contribution in [0.4, 0.5) is 5.69 Å². The number of ether oxygens (including phenoxy) is 1. The van der Waals surface area contributed by atoms with Crippen molar-refractivity contribution in [2.24, 2.45) is 0 Å². The monoisotopic (exact) mass is 300 g/mol. The number of methoxy groups -OCH3 is 1. The summed E-state index contributed by atoms with van der Waals surface area (Å²) in [5, 5.41) is 11.7. The molecule has 1 rings (SSSR count). The zero-order valence-corrected chi connectivity index (χ0v) is 12.1. The van der Waals surface area contributed by atoms with Crippen molar-refractivity contribution in [3.05, 3.63) is 23.2 Å². The fraction of sp³-hybridized carbons (Fsp3) is 0.385. The molecule has 0 unspecified atom stereocenters. The molecule has 6 nitrogen and oxygen atoms in total. The summed E-state index contributed by atoms with van der Waals surface area (Å²) in [5.41, 5.74) is 0.318. The van der Waals surface area contributed by atoms with Crippen molar-refractivity contribution < 1.29 is 19.4 Å². The lowest BCUT2D eigenvalue weighted by molar-refractivity contribution is -0.143. The minimum atomic E-state index is -0.805. The third-order valence-corrected chi connectivity index (χ3v) is 2.88. The van der Waals surface area contributed by atoms with Crippen molar-refractivity contribution in [3.63, 3.8) is 0 Å². The molecular weight excluding hydrogens is 284 g/mol. The number of nitrogens with one attached hydrogen (secondary N) is 1. The molecule has 0 bridgehead atoms. The quantitative estimate of drug-likeness (QED) is 0.799. The van der Waals surface area contributed by atoms with Crippen LogP contribution in [-0.2, 0) is 9.59 Å². The molecule has 0 fully saturated rings. The average Bonchev–Trinajstić information content (AvgIpc) is 2.44. The molecule has 0 saturated heterocycles. The van der Waals surface area contributed by atoms with Crippen LogP contribution in [-0.4, -0.2) is 48.6 Å². The van der Waals surface area contributed by atoms with Gasteiger partial charge in [-0.05, 0) is 25.1 Å². The molecule has 1 aromatic rings. The zero-order valence-electron chi connectivity index (χ0n) is 11.4. The number of carbonyl (C=O) groups excluding carboxylic acids is 2. The minimum Gasteiger partial charge on any atom is -0.495 e. The molecule has 0 aliphatic rings. The van der Waals surface area contributed by atoms with Crippen molar-refractivity contribution in [2.45, 2.75) is 6.92 Å². The molecule has 0 spiro atoms. The maximum atomic E-state index is 11.9. The zero-order chi connectivity index (χ0) is 15.1. The smallest absolute Gasteiger partial charge is 0.314 e. The van der Waals surface area contributed by atoms with Gasteiger partial charge in [-0.2, -0.15) is 0 Å². The summed E-state index contributed by atoms with van der Waals surface area (Å²) < 4.78 is 5.08. The molecule has 1 aromatic carbocycles. The van der Waals surface area contributed by atoms with E-state index >= 15 is 0 Å². The SMILES string of the molecule is CCN(CCO)C(=O)C(=O)Nc1cc(Cl)ccc1OC. The van der Waals surface area contributed by atoms with Gasteiger partial charge in [0.15, 0.2) is 0 Å². The fourth-order valence-corrected chi connectivity index (χ4v) is 1.79. The van der Waals surface area contributed by atoms with Crippen LogP contribution in [0.3, 0.4) is 0 Å². The van der Waals surface area contributed by atoms with E-state index in [0.717, 1.165) is 0 Å². The van der Waals surface area contributed by atoms with Crippen LogP contribution >= 0.6 is 11.6 Å². The molecule has 110 valence electrons. The lowest BCUT2D eigenvalue weighted by Crippen LogP contribution is -2.41. The third kappa shape index (κ3) is 4.11. The van der Waals surface area contributed by atoms with Gasteiger partial charge >= 0.3 is 11.8 Å². The Morgan fingerprint density at radius 3 is 2.70 bits per heavy atom. The number of anilines is 1. The van der Waals surface area contributed by atoms with Crippen LogP contribution in [0.2, 0.25) is 5.02 Å². The first kappa shape index (κ1) is 16.3. The molecule has 0 saturated carbocycles. The van der Waals surface area contributed by atoms with E-state index in [2.05, 4.69) is 5.32 Å². The molecular formula is C13H17ClN2O4. The second kappa shape index (κ2) is 7.72. The first-order valence-electron chi connectivity index (χ1n) is 6.08. The van der Waals surface area contributed by atoms with Gasteiger partial charge in [0.1, 0.15) is 5.75 Å². The molecule has 0 heterocycles. The fourth-order valence-electron chi connectivity index (χ4n) is 1.62. The van der Waals surface area contributed by atoms with Crippen LogP contribution < -0.4 is 10.1 Å². The van der Waals surface area contributed by atoms with Crippen LogP contribution in [0.5, 0.6) is 5.75 Å². The van der Waals surface area contributed by atoms with E-state index in [9.17, 15) is 9.59 Å². The van der Waals surface area contributed by atoms with E-state index in [1.165, 1.54) is 18.1 Å². The highest BCUT2D eigenvalue weighted by Crippen LogP contribution is 2.27. The topological polar surface area (TPSA) is 78.9 Å². The van der Waals surface area contributed by atoms with E-state index in [1.807, 2.05) is 0 Å². The molecule has 20 heavy (non-hydrogen) atoms. The van der Waals surface area contributed by atoms with Crippen LogP contribution in [0, 0.1) is 0 Å². The number of amides is 2. The predicted octanol–water partition coefficient (Wildman–Crippen LogP) is 1.13. The number of carbonyl (C=O) groups is 2. The molecule has 0 atom stereocenters. The lowest BCUT2D eigenvalue weighted by Gasteiger charge is -2.19. The maximum absolute atomic E-state index is 11.9. The third-order valence-electron chi connectivity index (χ3n) is 2.64. The van der Waals surface area contributed by atoms with Gasteiger partial charge in [-0.15, -0.1) is 0 Å². The van der Waals surface area contributed by atoms with Gasteiger partial charge in [0.25, 0.3) is 0 Å². The number of hydrogen-bond acceptors (Lipinski definition) is 4. The molecule has 7 heteroatoms. The van der Waals surface area contributed by atoms with E-state index in [0.29, 0.717) is 23.0 Å². The Kier molecular flexibility index (Phi) is 6.27. The highest BCUT2D eigenvalue weighted by atomic mass is 35.5. The van der Waals surface area contributed by atoms with Crippen molar-refractivity contribution in [2.75, 3.05) is 32.1 Å². The average molecular weight is 301 g/mol. The summed E-state index contributed by atoms with van der Waals surface area (Å²) in [6.07, 6.45) is 0. The number of rotatable bonds is 5. The Balaban J connectivity index is 2.84. The van der Waals surface area contributed by atoms with E-state index < -0.39 is 11.8 Å². The maximum Gasteiger partial charge on any atom is 0.314 e. The molecule has 0 aliphatic carbocycles. The highest BCUT2D eigenvalue weighted by molar-refractivity contribution is 6.40.